The highest BCUT2D eigenvalue weighted by Gasteiger charge is 2.26. The summed E-state index contributed by atoms with van der Waals surface area (Å²) in [5.74, 6) is -1.52. The summed E-state index contributed by atoms with van der Waals surface area (Å²) in [5, 5.41) is 12.9. The van der Waals surface area contributed by atoms with Gasteiger partial charge in [-0.25, -0.2) is 9.37 Å². The van der Waals surface area contributed by atoms with Crippen LogP contribution in [0.4, 0.5) is 8.78 Å². The fraction of sp³-hybridized carbons (Fsp3) is 0.562. The summed E-state index contributed by atoms with van der Waals surface area (Å²) in [7, 11) is 0. The normalized spacial score (nSPS) is 22.1. The van der Waals surface area contributed by atoms with Gasteiger partial charge in [0.25, 0.3) is 0 Å². The van der Waals surface area contributed by atoms with Crippen molar-refractivity contribution in [1.29, 1.82) is 0 Å². The molecule has 1 heterocycles. The molecular formula is C16H20F2N2O2. The number of rotatable bonds is 4. The smallest absolute Gasteiger partial charge is 0.203 e. The van der Waals surface area contributed by atoms with E-state index >= 15 is 0 Å². The Labute approximate surface area is 127 Å². The molecule has 0 bridgehead atoms. The second-order valence-electron chi connectivity index (χ2n) is 6.20. The summed E-state index contributed by atoms with van der Waals surface area (Å²) in [6.07, 6.45) is 2.11. The van der Waals surface area contributed by atoms with Crippen LogP contribution in [0.15, 0.2) is 10.5 Å². The van der Waals surface area contributed by atoms with Crippen LogP contribution in [0.1, 0.15) is 50.5 Å². The summed E-state index contributed by atoms with van der Waals surface area (Å²) in [5.41, 5.74) is 0.393. The van der Waals surface area contributed by atoms with Crippen molar-refractivity contribution in [1.82, 2.24) is 10.3 Å². The number of hydrogen-bond donors (Lipinski definition) is 2. The van der Waals surface area contributed by atoms with Crippen LogP contribution in [0.5, 0.6) is 0 Å². The number of oxazole rings is 1. The number of aliphatic hydroxyl groups is 1. The third kappa shape index (κ3) is 2.73. The van der Waals surface area contributed by atoms with Crippen LogP contribution >= 0.6 is 0 Å². The molecule has 0 aliphatic heterocycles. The molecule has 0 amide bonds. The van der Waals surface area contributed by atoms with E-state index in [2.05, 4.69) is 10.3 Å². The molecule has 6 heteroatoms. The van der Waals surface area contributed by atoms with Crippen molar-refractivity contribution in [2.75, 3.05) is 0 Å². The maximum Gasteiger partial charge on any atom is 0.203 e. The number of hydrogen-bond acceptors (Lipinski definition) is 4. The first-order valence-electron chi connectivity index (χ1n) is 7.66. The van der Waals surface area contributed by atoms with Gasteiger partial charge in [-0.1, -0.05) is 13.8 Å². The Morgan fingerprint density at radius 3 is 2.77 bits per heavy atom. The molecule has 2 atom stereocenters. The monoisotopic (exact) mass is 310 g/mol. The number of fused-ring (bicyclic) bond motifs is 1. The Hall–Kier alpha value is -1.53. The Bertz CT molecular complexity index is 684. The Morgan fingerprint density at radius 2 is 2.14 bits per heavy atom. The first-order chi connectivity index (χ1) is 10.5. The van der Waals surface area contributed by atoms with E-state index in [0.717, 1.165) is 19.3 Å². The Balaban J connectivity index is 1.87. The molecule has 2 aromatic rings. The van der Waals surface area contributed by atoms with Gasteiger partial charge >= 0.3 is 0 Å². The molecule has 0 unspecified atom stereocenters. The minimum absolute atomic E-state index is 0.00470. The molecule has 3 rings (SSSR count). The van der Waals surface area contributed by atoms with Crippen molar-refractivity contribution in [3.63, 3.8) is 0 Å². The predicted molar refractivity (Wildman–Crippen MR) is 78.5 cm³/mol. The molecule has 1 saturated carbocycles. The van der Waals surface area contributed by atoms with E-state index in [1.165, 1.54) is 6.07 Å². The zero-order chi connectivity index (χ0) is 15.9. The summed E-state index contributed by atoms with van der Waals surface area (Å²) >= 11 is 0. The van der Waals surface area contributed by atoms with E-state index in [1.807, 2.05) is 13.8 Å². The summed E-state index contributed by atoms with van der Waals surface area (Å²) < 4.78 is 33.6. The molecule has 0 spiro atoms. The molecule has 1 aromatic heterocycles. The largest absolute Gasteiger partial charge is 0.437 e. The zero-order valence-electron chi connectivity index (χ0n) is 12.7. The fourth-order valence-electron chi connectivity index (χ4n) is 2.87. The van der Waals surface area contributed by atoms with Gasteiger partial charge in [0.15, 0.2) is 17.3 Å². The molecule has 0 radical (unpaired) electrons. The molecule has 2 N–H and O–H groups in total. The van der Waals surface area contributed by atoms with Crippen molar-refractivity contribution in [3.8, 4) is 0 Å². The van der Waals surface area contributed by atoms with Crippen molar-refractivity contribution in [2.24, 2.45) is 0 Å². The van der Waals surface area contributed by atoms with Crippen LogP contribution in [0, 0.1) is 11.6 Å². The highest BCUT2D eigenvalue weighted by molar-refractivity contribution is 5.74. The number of nitrogens with one attached hydrogen (secondary N) is 1. The average Bonchev–Trinajstić information content (AvgIpc) is 3.08. The minimum Gasteiger partial charge on any atom is -0.437 e. The van der Waals surface area contributed by atoms with E-state index in [1.54, 1.807) is 0 Å². The van der Waals surface area contributed by atoms with Gasteiger partial charge in [0, 0.05) is 24.1 Å². The van der Waals surface area contributed by atoms with Gasteiger partial charge < -0.3 is 14.8 Å². The van der Waals surface area contributed by atoms with Gasteiger partial charge in [-0.05, 0) is 25.3 Å². The number of nitrogens with zero attached hydrogens (tertiary/aromatic N) is 1. The van der Waals surface area contributed by atoms with Crippen molar-refractivity contribution in [3.05, 3.63) is 29.2 Å². The van der Waals surface area contributed by atoms with Gasteiger partial charge in [0.1, 0.15) is 5.52 Å². The Morgan fingerprint density at radius 1 is 1.36 bits per heavy atom. The lowest BCUT2D eigenvalue weighted by atomic mass is 10.1. The van der Waals surface area contributed by atoms with Crippen molar-refractivity contribution in [2.45, 2.75) is 57.7 Å². The third-order valence-corrected chi connectivity index (χ3v) is 4.18. The van der Waals surface area contributed by atoms with E-state index in [-0.39, 0.29) is 29.7 Å². The molecule has 22 heavy (non-hydrogen) atoms. The first-order valence-corrected chi connectivity index (χ1v) is 7.66. The standard InChI is InChI=1S/C16H20F2N2O2/c1-8(2)16-20-11-6-9(13(17)14(18)15(11)22-16)7-19-10-4-3-5-12(10)21/h6,8,10,12,19,21H,3-5,7H2,1-2H3/t10-,12-/m0/s1. The summed E-state index contributed by atoms with van der Waals surface area (Å²) in [6, 6.07) is 1.44. The lowest BCUT2D eigenvalue weighted by molar-refractivity contribution is 0.148. The minimum atomic E-state index is -0.999. The van der Waals surface area contributed by atoms with E-state index in [4.69, 9.17) is 4.42 Å². The van der Waals surface area contributed by atoms with Crippen LogP contribution < -0.4 is 5.32 Å². The van der Waals surface area contributed by atoms with Gasteiger partial charge in [0.05, 0.1) is 6.10 Å². The van der Waals surface area contributed by atoms with Gasteiger partial charge in [-0.15, -0.1) is 0 Å². The molecule has 1 aliphatic rings. The first kappa shape index (κ1) is 15.4. The number of benzene rings is 1. The van der Waals surface area contributed by atoms with Crippen LogP contribution in [0.25, 0.3) is 11.1 Å². The second-order valence-corrected chi connectivity index (χ2v) is 6.20. The van der Waals surface area contributed by atoms with Crippen molar-refractivity contribution < 1.29 is 18.3 Å². The van der Waals surface area contributed by atoms with Gasteiger partial charge in [-0.2, -0.15) is 4.39 Å². The molecule has 0 saturated heterocycles. The predicted octanol–water partition coefficient (Wildman–Crippen LogP) is 3.23. The molecule has 4 nitrogen and oxygen atoms in total. The molecule has 120 valence electrons. The maximum atomic E-state index is 14.1. The number of aliphatic hydroxyl groups excluding tert-OH is 1. The highest BCUT2D eigenvalue weighted by atomic mass is 19.2. The lowest BCUT2D eigenvalue weighted by Gasteiger charge is -2.16. The zero-order valence-corrected chi connectivity index (χ0v) is 12.7. The number of aromatic nitrogens is 1. The van der Waals surface area contributed by atoms with Crippen LogP contribution in [-0.4, -0.2) is 22.2 Å². The third-order valence-electron chi connectivity index (χ3n) is 4.18. The molecule has 1 aliphatic carbocycles. The molecular weight excluding hydrogens is 290 g/mol. The average molecular weight is 310 g/mol. The second kappa shape index (κ2) is 5.93. The quantitative estimate of drug-likeness (QED) is 0.910. The lowest BCUT2D eigenvalue weighted by Crippen LogP contribution is -2.35. The van der Waals surface area contributed by atoms with Crippen LogP contribution in [0.3, 0.4) is 0 Å². The van der Waals surface area contributed by atoms with E-state index in [0.29, 0.717) is 11.4 Å². The highest BCUT2D eigenvalue weighted by Crippen LogP contribution is 2.27. The Kier molecular flexibility index (Phi) is 4.14. The SMILES string of the molecule is CC(C)c1nc2cc(CN[C@H]3CCC[C@@H]3O)c(F)c(F)c2o1. The maximum absolute atomic E-state index is 14.1. The van der Waals surface area contributed by atoms with Crippen LogP contribution in [-0.2, 0) is 6.54 Å². The van der Waals surface area contributed by atoms with Crippen LogP contribution in [0.2, 0.25) is 0 Å². The summed E-state index contributed by atoms with van der Waals surface area (Å²) in [4.78, 5) is 4.22. The topological polar surface area (TPSA) is 58.3 Å². The van der Waals surface area contributed by atoms with Gasteiger partial charge in [0.2, 0.25) is 5.82 Å². The molecule has 1 fully saturated rings. The number of halogens is 2. The van der Waals surface area contributed by atoms with E-state index < -0.39 is 17.7 Å². The van der Waals surface area contributed by atoms with E-state index in [9.17, 15) is 13.9 Å². The summed E-state index contributed by atoms with van der Waals surface area (Å²) in [6.45, 7) is 3.91. The fourth-order valence-corrected chi connectivity index (χ4v) is 2.87. The van der Waals surface area contributed by atoms with Gasteiger partial charge in [-0.3, -0.25) is 0 Å². The molecule has 1 aromatic carbocycles. The van der Waals surface area contributed by atoms with Crippen molar-refractivity contribution >= 4 is 11.1 Å².